The van der Waals surface area contributed by atoms with Gasteiger partial charge in [-0.25, -0.2) is 21.6 Å². The average Bonchev–Trinajstić information content (AvgIpc) is 2.62. The molecule has 0 unspecified atom stereocenters. The molecule has 1 amide bonds. The summed E-state index contributed by atoms with van der Waals surface area (Å²) >= 11 is 0. The Morgan fingerprint density at radius 3 is 2.31 bits per heavy atom. The Labute approximate surface area is 148 Å². The zero-order valence-corrected chi connectivity index (χ0v) is 14.3. The van der Waals surface area contributed by atoms with Gasteiger partial charge in [0.15, 0.2) is 17.5 Å². The summed E-state index contributed by atoms with van der Waals surface area (Å²) in [5.74, 6) is -5.18. The number of halogens is 3. The van der Waals surface area contributed by atoms with Crippen LogP contribution in [0.25, 0.3) is 0 Å². The van der Waals surface area contributed by atoms with E-state index in [1.165, 1.54) is 28.6 Å². The fourth-order valence-corrected chi connectivity index (χ4v) is 4.31. The third-order valence-corrected chi connectivity index (χ3v) is 5.92. The van der Waals surface area contributed by atoms with Crippen molar-refractivity contribution in [3.05, 3.63) is 59.4 Å². The Balaban J connectivity index is 1.78. The van der Waals surface area contributed by atoms with E-state index in [9.17, 15) is 26.4 Å². The van der Waals surface area contributed by atoms with Crippen LogP contribution in [0.15, 0.2) is 36.4 Å². The van der Waals surface area contributed by atoms with Crippen LogP contribution in [-0.4, -0.2) is 26.6 Å². The van der Waals surface area contributed by atoms with E-state index < -0.39 is 39.1 Å². The fourth-order valence-electron chi connectivity index (χ4n) is 2.67. The molecule has 1 heterocycles. The summed E-state index contributed by atoms with van der Waals surface area (Å²) in [4.78, 5) is 12.2. The molecule has 5 nitrogen and oxygen atoms in total. The molecule has 3 rings (SSSR count). The average molecular weight is 384 g/mol. The number of amides is 1. The molecule has 0 aliphatic carbocycles. The molecule has 0 bridgehead atoms. The summed E-state index contributed by atoms with van der Waals surface area (Å²) in [6.07, 6.45) is 1.36. The SMILES string of the molecule is O=C(Nc1ccc(F)c(F)c1F)c1ccc(N2CCCCS2(=O)=O)cc1. The lowest BCUT2D eigenvalue weighted by atomic mass is 10.1. The number of nitrogens with one attached hydrogen (secondary N) is 1. The van der Waals surface area contributed by atoms with Crippen LogP contribution in [0.5, 0.6) is 0 Å². The first-order valence-electron chi connectivity index (χ1n) is 7.85. The van der Waals surface area contributed by atoms with Crippen molar-refractivity contribution in [2.75, 3.05) is 21.9 Å². The van der Waals surface area contributed by atoms with E-state index in [-0.39, 0.29) is 11.3 Å². The molecular formula is C17H15F3N2O3S. The van der Waals surface area contributed by atoms with Crippen LogP contribution < -0.4 is 9.62 Å². The third-order valence-electron chi connectivity index (χ3n) is 4.05. The predicted molar refractivity (Wildman–Crippen MR) is 91.1 cm³/mol. The molecule has 0 radical (unpaired) electrons. The number of sulfonamides is 1. The number of hydrogen-bond acceptors (Lipinski definition) is 3. The van der Waals surface area contributed by atoms with E-state index >= 15 is 0 Å². The normalized spacial score (nSPS) is 16.3. The maximum atomic E-state index is 13.6. The van der Waals surface area contributed by atoms with Gasteiger partial charge in [0.05, 0.1) is 17.1 Å². The molecular weight excluding hydrogens is 369 g/mol. The van der Waals surface area contributed by atoms with Gasteiger partial charge in [0, 0.05) is 12.1 Å². The Morgan fingerprint density at radius 1 is 0.962 bits per heavy atom. The van der Waals surface area contributed by atoms with Crippen LogP contribution in [0.1, 0.15) is 23.2 Å². The molecule has 2 aromatic carbocycles. The number of nitrogens with zero attached hydrogens (tertiary/aromatic N) is 1. The molecule has 0 aromatic heterocycles. The van der Waals surface area contributed by atoms with Gasteiger partial charge in [-0.1, -0.05) is 0 Å². The van der Waals surface area contributed by atoms with Crippen LogP contribution in [0.3, 0.4) is 0 Å². The molecule has 1 N–H and O–H groups in total. The van der Waals surface area contributed by atoms with E-state index in [0.717, 1.165) is 12.5 Å². The maximum absolute atomic E-state index is 13.6. The minimum atomic E-state index is -3.37. The molecule has 0 atom stereocenters. The van der Waals surface area contributed by atoms with Crippen molar-refractivity contribution in [2.24, 2.45) is 0 Å². The second-order valence-electron chi connectivity index (χ2n) is 5.82. The zero-order valence-electron chi connectivity index (χ0n) is 13.5. The molecule has 26 heavy (non-hydrogen) atoms. The number of carbonyl (C=O) groups excluding carboxylic acids is 1. The lowest BCUT2D eigenvalue weighted by Gasteiger charge is -2.28. The molecule has 1 aliphatic rings. The minimum Gasteiger partial charge on any atom is -0.319 e. The molecule has 9 heteroatoms. The Bertz CT molecular complexity index is 946. The standard InChI is InChI=1S/C17H15F3N2O3S/c18-13-7-8-14(16(20)15(13)19)21-17(23)11-3-5-12(6-4-11)22-9-1-2-10-26(22,24)25/h3-8H,1-2,9-10H2,(H,21,23). The second kappa shape index (κ2) is 6.99. The predicted octanol–water partition coefficient (Wildman–Crippen LogP) is 3.29. The number of benzene rings is 2. The van der Waals surface area contributed by atoms with Crippen molar-refractivity contribution in [1.82, 2.24) is 0 Å². The first-order valence-corrected chi connectivity index (χ1v) is 9.46. The van der Waals surface area contributed by atoms with Crippen LogP contribution in [0, 0.1) is 17.5 Å². The second-order valence-corrected chi connectivity index (χ2v) is 7.83. The third kappa shape index (κ3) is 3.52. The Morgan fingerprint density at radius 2 is 1.65 bits per heavy atom. The van der Waals surface area contributed by atoms with E-state index in [1.54, 1.807) is 0 Å². The molecule has 0 spiro atoms. The summed E-state index contributed by atoms with van der Waals surface area (Å²) in [6, 6.07) is 7.33. The monoisotopic (exact) mass is 384 g/mol. The molecule has 2 aromatic rings. The topological polar surface area (TPSA) is 66.5 Å². The maximum Gasteiger partial charge on any atom is 0.255 e. The highest BCUT2D eigenvalue weighted by Gasteiger charge is 2.26. The van der Waals surface area contributed by atoms with Gasteiger partial charge in [-0.05, 0) is 49.2 Å². The van der Waals surface area contributed by atoms with Crippen molar-refractivity contribution in [1.29, 1.82) is 0 Å². The van der Waals surface area contributed by atoms with Crippen LogP contribution in [0.4, 0.5) is 24.5 Å². The van der Waals surface area contributed by atoms with Crippen molar-refractivity contribution < 1.29 is 26.4 Å². The number of anilines is 2. The Hall–Kier alpha value is -2.55. The quantitative estimate of drug-likeness (QED) is 0.826. The van der Waals surface area contributed by atoms with Gasteiger partial charge < -0.3 is 5.32 Å². The van der Waals surface area contributed by atoms with Gasteiger partial charge in [-0.2, -0.15) is 0 Å². The van der Waals surface area contributed by atoms with Crippen molar-refractivity contribution in [3.8, 4) is 0 Å². The molecule has 1 aliphatic heterocycles. The van der Waals surface area contributed by atoms with Gasteiger partial charge in [-0.15, -0.1) is 0 Å². The van der Waals surface area contributed by atoms with Crippen molar-refractivity contribution in [3.63, 3.8) is 0 Å². The van der Waals surface area contributed by atoms with E-state index in [4.69, 9.17) is 0 Å². The number of rotatable bonds is 3. The van der Waals surface area contributed by atoms with E-state index in [2.05, 4.69) is 5.32 Å². The molecule has 138 valence electrons. The summed E-state index contributed by atoms with van der Waals surface area (Å²) in [7, 11) is -3.37. The smallest absolute Gasteiger partial charge is 0.255 e. The van der Waals surface area contributed by atoms with Crippen LogP contribution >= 0.6 is 0 Å². The summed E-state index contributed by atoms with van der Waals surface area (Å²) in [6.45, 7) is 0.369. The summed E-state index contributed by atoms with van der Waals surface area (Å²) in [5.41, 5.74) is 0.0594. The molecule has 1 saturated heterocycles. The molecule has 0 saturated carbocycles. The number of hydrogen-bond donors (Lipinski definition) is 1. The van der Waals surface area contributed by atoms with Gasteiger partial charge in [0.1, 0.15) is 0 Å². The highest BCUT2D eigenvalue weighted by atomic mass is 32.2. The first-order chi connectivity index (χ1) is 12.3. The largest absolute Gasteiger partial charge is 0.319 e. The summed E-state index contributed by atoms with van der Waals surface area (Å²) in [5, 5.41) is 2.16. The van der Waals surface area contributed by atoms with Crippen molar-refractivity contribution >= 4 is 27.3 Å². The minimum absolute atomic E-state index is 0.0741. The first kappa shape index (κ1) is 18.2. The van der Waals surface area contributed by atoms with E-state index in [0.29, 0.717) is 24.7 Å². The lowest BCUT2D eigenvalue weighted by molar-refractivity contribution is 0.102. The molecule has 1 fully saturated rings. The van der Waals surface area contributed by atoms with Gasteiger partial charge in [0.25, 0.3) is 5.91 Å². The van der Waals surface area contributed by atoms with Gasteiger partial charge in [0.2, 0.25) is 10.0 Å². The lowest BCUT2D eigenvalue weighted by Crippen LogP contribution is -2.37. The van der Waals surface area contributed by atoms with Gasteiger partial charge >= 0.3 is 0 Å². The summed E-state index contributed by atoms with van der Waals surface area (Å²) < 4.78 is 65.2. The van der Waals surface area contributed by atoms with Crippen molar-refractivity contribution in [2.45, 2.75) is 12.8 Å². The Kier molecular flexibility index (Phi) is 4.90. The fraction of sp³-hybridized carbons (Fsp3) is 0.235. The van der Waals surface area contributed by atoms with E-state index in [1.807, 2.05) is 0 Å². The van der Waals surface area contributed by atoms with Gasteiger partial charge in [-0.3, -0.25) is 9.10 Å². The zero-order chi connectivity index (χ0) is 18.9. The van der Waals surface area contributed by atoms with Crippen LogP contribution in [-0.2, 0) is 10.0 Å². The highest BCUT2D eigenvalue weighted by molar-refractivity contribution is 7.92. The highest BCUT2D eigenvalue weighted by Crippen LogP contribution is 2.25. The van der Waals surface area contributed by atoms with Crippen LogP contribution in [0.2, 0.25) is 0 Å². The number of carbonyl (C=O) groups is 1.